The molecule has 20 nitrogen and oxygen atoms in total. The van der Waals surface area contributed by atoms with Crippen LogP contribution in [0.5, 0.6) is 0 Å². The molecule has 2 amide bonds. The molecule has 7 heterocycles. The van der Waals surface area contributed by atoms with Crippen LogP contribution in [0, 0.1) is 11.8 Å². The fourth-order valence-corrected chi connectivity index (χ4v) is 16.0. The number of amides is 2. The van der Waals surface area contributed by atoms with Gasteiger partial charge in [-0.25, -0.2) is 35.2 Å². The van der Waals surface area contributed by atoms with Crippen LogP contribution >= 0.6 is 31.9 Å². The fourth-order valence-electron chi connectivity index (χ4n) is 9.70. The van der Waals surface area contributed by atoms with E-state index in [1.807, 2.05) is 18.2 Å². The largest absolute Gasteiger partial charge is 0.378 e. The van der Waals surface area contributed by atoms with E-state index in [1.54, 1.807) is 58.6 Å². The van der Waals surface area contributed by atoms with Crippen LogP contribution in [0.2, 0.25) is 0 Å². The Morgan fingerprint density at radius 3 is 1.21 bits per heavy atom. The highest BCUT2D eigenvalue weighted by atomic mass is 79.9. The molecule has 2 aliphatic carbocycles. The van der Waals surface area contributed by atoms with Gasteiger partial charge in [-0.15, -0.1) is 0 Å². The van der Waals surface area contributed by atoms with Crippen LogP contribution < -0.4 is 25.8 Å². The summed E-state index contributed by atoms with van der Waals surface area (Å²) >= 11 is 6.86. The number of hydrogen-bond acceptors (Lipinski definition) is 18. The number of carbonyl (C=O) groups is 2. The van der Waals surface area contributed by atoms with Crippen LogP contribution in [0.3, 0.4) is 0 Å². The van der Waals surface area contributed by atoms with E-state index in [-0.39, 0.29) is 52.8 Å². The maximum Gasteiger partial charge on any atom is 0.225 e. The molecule has 25 heteroatoms. The molecule has 0 spiro atoms. The third-order valence-electron chi connectivity index (χ3n) is 15.0. The Kier molecular flexibility index (Phi) is 16.7. The minimum Gasteiger partial charge on any atom is -0.378 e. The molecule has 4 aromatic rings. The van der Waals surface area contributed by atoms with Crippen LogP contribution in [0.4, 0.5) is 23.0 Å². The Balaban J connectivity index is 0.000000133. The van der Waals surface area contributed by atoms with E-state index in [9.17, 15) is 34.8 Å². The number of likely N-dealkylation sites (tertiary alicyclic amines) is 2. The lowest BCUT2D eigenvalue weighted by Crippen LogP contribution is -2.57. The zero-order valence-corrected chi connectivity index (χ0v) is 47.6. The first-order valence-electron chi connectivity index (χ1n) is 25.8. The van der Waals surface area contributed by atoms with Crippen molar-refractivity contribution in [3.05, 3.63) is 75.9 Å². The van der Waals surface area contributed by atoms with E-state index in [0.717, 1.165) is 77.9 Å². The average Bonchev–Trinajstić information content (AvgIpc) is 4.31. The highest BCUT2D eigenvalue weighted by molar-refractivity contribution is 9.10. The number of rotatable bonds is 12. The number of anilines is 4. The number of benzene rings is 3. The summed E-state index contributed by atoms with van der Waals surface area (Å²) in [6.07, 6.45) is 6.92. The Morgan fingerprint density at radius 1 is 0.500 bits per heavy atom. The summed E-state index contributed by atoms with van der Waals surface area (Å²) in [7, 11) is -10.3. The van der Waals surface area contributed by atoms with Crippen molar-refractivity contribution in [1.29, 1.82) is 0 Å². The van der Waals surface area contributed by atoms with Crippen molar-refractivity contribution in [1.82, 2.24) is 25.1 Å². The quantitative estimate of drug-likeness (QED) is 0.206. The van der Waals surface area contributed by atoms with Crippen LogP contribution in [0.25, 0.3) is 11.1 Å². The third kappa shape index (κ3) is 12.5. The van der Waals surface area contributed by atoms with Gasteiger partial charge in [-0.1, -0.05) is 31.9 Å². The maximum absolute atomic E-state index is 13.4. The van der Waals surface area contributed by atoms with Crippen molar-refractivity contribution in [3.8, 4) is 11.1 Å². The molecule has 410 valence electrons. The molecule has 12 rings (SSSR count). The summed E-state index contributed by atoms with van der Waals surface area (Å²) in [5.74, 6) is 0.617. The van der Waals surface area contributed by atoms with Gasteiger partial charge in [-0.05, 0) is 85.8 Å². The van der Waals surface area contributed by atoms with Crippen molar-refractivity contribution < 1.29 is 49.1 Å². The first-order valence-corrected chi connectivity index (χ1v) is 32.0. The van der Waals surface area contributed by atoms with Crippen molar-refractivity contribution >= 4 is 96.2 Å². The number of sulfone groups is 3. The van der Waals surface area contributed by atoms with Gasteiger partial charge in [0.2, 0.25) is 17.8 Å². The number of nitrogens with zero attached hydrogens (tertiary/aromatic N) is 7. The molecule has 3 N–H and O–H groups in total. The highest BCUT2D eigenvalue weighted by Crippen LogP contribution is 2.38. The summed E-state index contributed by atoms with van der Waals surface area (Å²) in [6.45, 7) is 10.6. The standard InChI is InChI=1S/C21H25N5O4S.C17H21BrN2O4S.C13H17BrN2O3S/c22-21-23-10-16(11-24-21)15-7-17(25-3-5-30-6-4-25)9-18(8-15)31(28,29)19-12-26(13-19)20(27)14-1-2-14;18-13-7-14(19-3-5-24-6-4-19)9-15(8-13)25(22,23)16-10-20(11-16)17(21)12-1-2-12;14-10-5-11(16-1-3-19-4-2-16)7-12(6-10)20(17,18)13-8-15-9-13/h7-11,14,19H,1-6,12-13H2,(H2,22,23,24);7-9,12,16H,1-6,10-11H2;5-7,13,15H,1-4,8-9H2. The maximum atomic E-state index is 13.4. The second-order valence-electron chi connectivity index (χ2n) is 20.3. The lowest BCUT2D eigenvalue weighted by Gasteiger charge is -2.39. The number of hydrogen-bond donors (Lipinski definition) is 2. The Hall–Kier alpha value is -4.47. The minimum absolute atomic E-state index is 0.0910. The first-order chi connectivity index (χ1) is 36.4. The van der Waals surface area contributed by atoms with Gasteiger partial charge in [0, 0.05) is 134 Å². The number of aromatic nitrogens is 2. The number of nitrogens with one attached hydrogen (secondary N) is 1. The summed E-state index contributed by atoms with van der Waals surface area (Å²) in [6, 6.07) is 16.1. The second-order valence-corrected chi connectivity index (χ2v) is 28.8. The van der Waals surface area contributed by atoms with Crippen molar-refractivity contribution in [2.24, 2.45) is 11.8 Å². The van der Waals surface area contributed by atoms with Gasteiger partial charge >= 0.3 is 0 Å². The SMILES string of the molecule is Nc1ncc(-c2cc(N3CCOCC3)cc(S(=O)(=O)C3CN(C(=O)C4CC4)C3)c2)cn1.O=C(C1CC1)N1CC(S(=O)(=O)c2cc(Br)cc(N3CCOCC3)c2)C1.O=S(=O)(c1cc(Br)cc(N2CCOCC2)c1)C1CNC1. The molecule has 0 radical (unpaired) electrons. The number of nitrogens with two attached hydrogens (primary N) is 1. The van der Waals surface area contributed by atoms with Gasteiger partial charge in [-0.3, -0.25) is 9.59 Å². The summed E-state index contributed by atoms with van der Waals surface area (Å²) < 4.78 is 95.4. The summed E-state index contributed by atoms with van der Waals surface area (Å²) in [5, 5.41) is 1.64. The lowest BCUT2D eigenvalue weighted by molar-refractivity contribution is -0.136. The molecule has 1 aromatic heterocycles. The van der Waals surface area contributed by atoms with E-state index in [1.165, 1.54) is 0 Å². The van der Waals surface area contributed by atoms with Crippen molar-refractivity contribution in [3.63, 3.8) is 0 Å². The van der Waals surface area contributed by atoms with Gasteiger partial charge in [0.05, 0.1) is 59.6 Å². The molecule has 76 heavy (non-hydrogen) atoms. The van der Waals surface area contributed by atoms with Crippen molar-refractivity contribution in [2.75, 3.05) is 139 Å². The monoisotopic (exact) mass is 1230 g/mol. The molecular formula is C51H63Br2N9O11S3. The molecule has 6 saturated heterocycles. The summed E-state index contributed by atoms with van der Waals surface area (Å²) in [5.41, 5.74) is 9.67. The van der Waals surface area contributed by atoms with Gasteiger partial charge in [0.15, 0.2) is 29.5 Å². The van der Waals surface area contributed by atoms with Gasteiger partial charge in [0.1, 0.15) is 10.5 Å². The number of morpholine rings is 3. The molecule has 3 aromatic carbocycles. The van der Waals surface area contributed by atoms with E-state index in [0.29, 0.717) is 99.8 Å². The summed E-state index contributed by atoms with van der Waals surface area (Å²) in [4.78, 5) is 43.1. The normalized spacial score (nSPS) is 20.8. The fraction of sp³-hybridized carbons (Fsp3) is 0.529. The van der Waals surface area contributed by atoms with E-state index < -0.39 is 40.0 Å². The Labute approximate surface area is 461 Å². The van der Waals surface area contributed by atoms with E-state index >= 15 is 0 Å². The first kappa shape index (κ1) is 54.9. The number of halogens is 2. The third-order valence-corrected chi connectivity index (χ3v) is 22.1. The van der Waals surface area contributed by atoms with Gasteiger partial charge < -0.3 is 49.8 Å². The van der Waals surface area contributed by atoms with Gasteiger partial charge in [0.25, 0.3) is 0 Å². The molecule has 2 saturated carbocycles. The minimum atomic E-state index is -3.59. The number of nitrogen functional groups attached to an aromatic ring is 1. The van der Waals surface area contributed by atoms with Crippen LogP contribution in [0.1, 0.15) is 25.7 Å². The Bertz CT molecular complexity index is 3120. The van der Waals surface area contributed by atoms with Crippen LogP contribution in [0.15, 0.2) is 90.6 Å². The topological polar surface area (TPSA) is 244 Å². The molecule has 8 aliphatic rings. The van der Waals surface area contributed by atoms with Crippen LogP contribution in [-0.2, 0) is 53.3 Å². The van der Waals surface area contributed by atoms with Gasteiger partial charge in [-0.2, -0.15) is 0 Å². The zero-order valence-electron chi connectivity index (χ0n) is 42.0. The molecule has 0 unspecified atom stereocenters. The molecule has 6 aliphatic heterocycles. The second kappa shape index (κ2) is 23.1. The predicted molar refractivity (Wildman–Crippen MR) is 294 cm³/mol. The molecule has 8 fully saturated rings. The van der Waals surface area contributed by atoms with Crippen LogP contribution in [-0.4, -0.2) is 191 Å². The highest BCUT2D eigenvalue weighted by Gasteiger charge is 2.46. The number of carbonyl (C=O) groups excluding carboxylic acids is 2. The zero-order chi connectivity index (χ0) is 53.4. The van der Waals surface area contributed by atoms with Crippen molar-refractivity contribution in [2.45, 2.75) is 56.1 Å². The number of ether oxygens (including phenoxy) is 3. The molecule has 0 atom stereocenters. The molecule has 0 bridgehead atoms. The predicted octanol–water partition coefficient (Wildman–Crippen LogP) is 3.67. The molecular weight excluding hydrogens is 1170 g/mol. The van der Waals surface area contributed by atoms with E-state index in [2.05, 4.69) is 61.8 Å². The smallest absolute Gasteiger partial charge is 0.225 e. The lowest BCUT2D eigenvalue weighted by atomic mass is 10.1. The van der Waals surface area contributed by atoms with E-state index in [4.69, 9.17) is 19.9 Å². The average molecular weight is 1230 g/mol. The Morgan fingerprint density at radius 2 is 0.855 bits per heavy atom.